The molecule has 108 valence electrons. The Labute approximate surface area is 118 Å². The predicted octanol–water partition coefficient (Wildman–Crippen LogP) is 1.03. The van der Waals surface area contributed by atoms with Crippen molar-refractivity contribution in [2.45, 2.75) is 30.7 Å². The number of piperidine rings is 1. The molecule has 8 heteroatoms. The molecule has 0 unspecified atom stereocenters. The number of rotatable bonds is 4. The molecule has 0 aliphatic carbocycles. The molecule has 3 N–H and O–H groups in total. The van der Waals surface area contributed by atoms with Crippen LogP contribution in [0.2, 0.25) is 0 Å². The Morgan fingerprint density at radius 3 is 2.63 bits per heavy atom. The van der Waals surface area contributed by atoms with Crippen LogP contribution in [0.25, 0.3) is 0 Å². The molecule has 0 amide bonds. The molecule has 0 aromatic carbocycles. The van der Waals surface area contributed by atoms with Gasteiger partial charge in [-0.25, -0.2) is 8.42 Å². The fourth-order valence-corrected chi connectivity index (χ4v) is 4.46. The molecular weight excluding hydrogens is 284 g/mol. The van der Waals surface area contributed by atoms with Gasteiger partial charge in [-0.05, 0) is 30.9 Å². The van der Waals surface area contributed by atoms with Crippen LogP contribution < -0.4 is 11.1 Å². The molecule has 2 heterocycles. The van der Waals surface area contributed by atoms with Gasteiger partial charge in [0.2, 0.25) is 0 Å². The topological polar surface area (TPSA) is 88.3 Å². The lowest BCUT2D eigenvalue weighted by Crippen LogP contribution is -2.38. The number of nitrogen functional groups attached to an aromatic ring is 1. The second-order valence-electron chi connectivity index (χ2n) is 4.85. The minimum absolute atomic E-state index is 0.0981. The van der Waals surface area contributed by atoms with Gasteiger partial charge in [0.15, 0.2) is 15.7 Å². The quantitative estimate of drug-likeness (QED) is 0.863. The van der Waals surface area contributed by atoms with Crippen LogP contribution in [-0.2, 0) is 9.84 Å². The highest BCUT2D eigenvalue weighted by molar-refractivity contribution is 7.91. The van der Waals surface area contributed by atoms with Gasteiger partial charge in [0.25, 0.3) is 0 Å². The molecule has 0 spiro atoms. The van der Waals surface area contributed by atoms with Gasteiger partial charge in [-0.15, -0.1) is 0 Å². The number of nitrogens with two attached hydrogens (primary N) is 1. The van der Waals surface area contributed by atoms with E-state index < -0.39 is 9.84 Å². The van der Waals surface area contributed by atoms with Gasteiger partial charge in [-0.3, -0.25) is 0 Å². The summed E-state index contributed by atoms with van der Waals surface area (Å²) in [5.41, 5.74) is 5.65. The second kappa shape index (κ2) is 5.64. The highest BCUT2D eigenvalue weighted by Crippen LogP contribution is 2.32. The minimum Gasteiger partial charge on any atom is -0.382 e. The maximum Gasteiger partial charge on any atom is 0.182 e. The standard InChI is InChI=1S/C11H20N4O2S2/c1-3-15-6-4-8(5-7-15)13-11-9(19(2,16)17)10(12)14-18-11/h8,13H,3-7H2,1-2H3,(H2,12,14). The van der Waals surface area contributed by atoms with Gasteiger partial charge < -0.3 is 16.0 Å². The Hall–Kier alpha value is -0.860. The van der Waals surface area contributed by atoms with Crippen molar-refractivity contribution >= 4 is 32.2 Å². The third kappa shape index (κ3) is 3.37. The number of hydrogen-bond acceptors (Lipinski definition) is 7. The molecule has 0 bridgehead atoms. The highest BCUT2D eigenvalue weighted by Gasteiger charge is 2.25. The highest BCUT2D eigenvalue weighted by atomic mass is 32.2. The normalized spacial score (nSPS) is 18.6. The van der Waals surface area contributed by atoms with Crippen LogP contribution in [0, 0.1) is 0 Å². The first-order valence-corrected chi connectivity index (χ1v) is 9.02. The van der Waals surface area contributed by atoms with Crippen molar-refractivity contribution in [3.63, 3.8) is 0 Å². The van der Waals surface area contributed by atoms with E-state index in [0.29, 0.717) is 11.0 Å². The average Bonchev–Trinajstić information content (AvgIpc) is 2.71. The van der Waals surface area contributed by atoms with E-state index in [1.807, 2.05) is 0 Å². The third-order valence-electron chi connectivity index (χ3n) is 3.41. The van der Waals surface area contributed by atoms with Gasteiger partial charge >= 0.3 is 0 Å². The van der Waals surface area contributed by atoms with Gasteiger partial charge in [-0.2, -0.15) is 4.37 Å². The van der Waals surface area contributed by atoms with Crippen LogP contribution in [0.3, 0.4) is 0 Å². The summed E-state index contributed by atoms with van der Waals surface area (Å²) in [4.78, 5) is 2.53. The Kier molecular flexibility index (Phi) is 4.32. The molecule has 19 heavy (non-hydrogen) atoms. The van der Waals surface area contributed by atoms with E-state index >= 15 is 0 Å². The maximum absolute atomic E-state index is 11.7. The largest absolute Gasteiger partial charge is 0.382 e. The van der Waals surface area contributed by atoms with Crippen LogP contribution in [0.15, 0.2) is 4.90 Å². The van der Waals surface area contributed by atoms with Crippen molar-refractivity contribution < 1.29 is 8.42 Å². The summed E-state index contributed by atoms with van der Waals surface area (Å²) in [6, 6.07) is 0.295. The zero-order valence-corrected chi connectivity index (χ0v) is 12.9. The number of nitrogens with one attached hydrogen (secondary N) is 1. The van der Waals surface area contributed by atoms with E-state index in [2.05, 4.69) is 21.5 Å². The van der Waals surface area contributed by atoms with Crippen molar-refractivity contribution in [1.82, 2.24) is 9.27 Å². The average molecular weight is 304 g/mol. The Balaban J connectivity index is 2.09. The van der Waals surface area contributed by atoms with Crippen molar-refractivity contribution in [2.75, 3.05) is 36.9 Å². The Bertz CT molecular complexity index is 533. The summed E-state index contributed by atoms with van der Waals surface area (Å²) >= 11 is 1.12. The first kappa shape index (κ1) is 14.5. The van der Waals surface area contributed by atoms with Gasteiger partial charge in [0, 0.05) is 25.4 Å². The first-order chi connectivity index (χ1) is 8.91. The fraction of sp³-hybridized carbons (Fsp3) is 0.727. The van der Waals surface area contributed by atoms with Gasteiger partial charge in [0.05, 0.1) is 0 Å². The van der Waals surface area contributed by atoms with E-state index in [-0.39, 0.29) is 10.7 Å². The van der Waals surface area contributed by atoms with E-state index in [1.165, 1.54) is 0 Å². The summed E-state index contributed by atoms with van der Waals surface area (Å²) in [6.45, 7) is 5.29. The molecule has 1 aliphatic heterocycles. The molecular formula is C11H20N4O2S2. The number of anilines is 2. The molecule has 1 saturated heterocycles. The van der Waals surface area contributed by atoms with Crippen LogP contribution in [-0.4, -0.2) is 49.6 Å². The molecule has 1 aromatic rings. The Morgan fingerprint density at radius 1 is 1.47 bits per heavy atom. The Morgan fingerprint density at radius 2 is 2.11 bits per heavy atom. The lowest BCUT2D eigenvalue weighted by molar-refractivity contribution is 0.229. The summed E-state index contributed by atoms with van der Waals surface area (Å²) in [5, 5.41) is 3.87. The summed E-state index contributed by atoms with van der Waals surface area (Å²) in [6.07, 6.45) is 3.18. The van der Waals surface area contributed by atoms with E-state index in [4.69, 9.17) is 5.73 Å². The molecule has 0 saturated carbocycles. The lowest BCUT2D eigenvalue weighted by atomic mass is 10.1. The number of aromatic nitrogens is 1. The number of likely N-dealkylation sites (tertiary alicyclic amines) is 1. The molecule has 2 rings (SSSR count). The molecule has 1 aromatic heterocycles. The molecule has 6 nitrogen and oxygen atoms in total. The second-order valence-corrected chi connectivity index (χ2v) is 7.58. The van der Waals surface area contributed by atoms with Crippen molar-refractivity contribution in [3.05, 3.63) is 0 Å². The zero-order valence-electron chi connectivity index (χ0n) is 11.2. The summed E-state index contributed by atoms with van der Waals surface area (Å²) in [5.74, 6) is 0.0981. The van der Waals surface area contributed by atoms with Crippen molar-refractivity contribution in [2.24, 2.45) is 0 Å². The molecule has 1 aliphatic rings. The predicted molar refractivity (Wildman–Crippen MR) is 78.4 cm³/mol. The van der Waals surface area contributed by atoms with Crippen molar-refractivity contribution in [1.29, 1.82) is 0 Å². The lowest BCUT2D eigenvalue weighted by Gasteiger charge is -2.31. The number of hydrogen-bond donors (Lipinski definition) is 2. The molecule has 0 radical (unpaired) electrons. The SMILES string of the molecule is CCN1CCC(Nc2snc(N)c2S(C)(=O)=O)CC1. The van der Waals surface area contributed by atoms with Crippen LogP contribution in [0.4, 0.5) is 10.8 Å². The maximum atomic E-state index is 11.7. The minimum atomic E-state index is -3.34. The summed E-state index contributed by atoms with van der Waals surface area (Å²) in [7, 11) is -3.34. The number of sulfone groups is 1. The number of nitrogens with zero attached hydrogens (tertiary/aromatic N) is 2. The fourth-order valence-electron chi connectivity index (χ4n) is 2.32. The van der Waals surface area contributed by atoms with Crippen molar-refractivity contribution in [3.8, 4) is 0 Å². The zero-order chi connectivity index (χ0) is 14.0. The van der Waals surface area contributed by atoms with Crippen LogP contribution in [0.5, 0.6) is 0 Å². The molecule has 0 atom stereocenters. The van der Waals surface area contributed by atoms with Gasteiger partial charge in [-0.1, -0.05) is 6.92 Å². The van der Waals surface area contributed by atoms with E-state index in [9.17, 15) is 8.42 Å². The smallest absolute Gasteiger partial charge is 0.182 e. The van der Waals surface area contributed by atoms with Crippen LogP contribution >= 0.6 is 11.5 Å². The van der Waals surface area contributed by atoms with Gasteiger partial charge in [0.1, 0.15) is 9.90 Å². The monoisotopic (exact) mass is 304 g/mol. The van der Waals surface area contributed by atoms with E-state index in [0.717, 1.165) is 50.3 Å². The third-order valence-corrected chi connectivity index (χ3v) is 5.49. The van der Waals surface area contributed by atoms with E-state index in [1.54, 1.807) is 0 Å². The molecule has 1 fully saturated rings. The first-order valence-electron chi connectivity index (χ1n) is 6.36. The summed E-state index contributed by atoms with van der Waals surface area (Å²) < 4.78 is 27.4. The van der Waals surface area contributed by atoms with Crippen LogP contribution in [0.1, 0.15) is 19.8 Å².